The first kappa shape index (κ1) is 22.0. The van der Waals surface area contributed by atoms with Gasteiger partial charge in [-0.05, 0) is 41.5 Å². The molecule has 0 atom stereocenters. The Labute approximate surface area is 125 Å². The minimum absolute atomic E-state index is 0. The molecule has 0 amide bonds. The number of nitrogens with zero attached hydrogens (tertiary/aromatic N) is 2. The van der Waals surface area contributed by atoms with E-state index in [-0.39, 0.29) is 32.0 Å². The van der Waals surface area contributed by atoms with Crippen molar-refractivity contribution in [2.75, 3.05) is 26.2 Å². The molecule has 0 rings (SSSR count). The normalized spacial score (nSPS) is 8.35. The van der Waals surface area contributed by atoms with Gasteiger partial charge in [-0.2, -0.15) is 0 Å². The summed E-state index contributed by atoms with van der Waals surface area (Å²) in [7, 11) is 0. The molecule has 17 heavy (non-hydrogen) atoms. The van der Waals surface area contributed by atoms with Crippen molar-refractivity contribution in [1.29, 1.82) is 5.41 Å². The second kappa shape index (κ2) is 13.9. The van der Waals surface area contributed by atoms with Crippen LogP contribution in [0.1, 0.15) is 41.5 Å². The van der Waals surface area contributed by atoms with E-state index in [0.29, 0.717) is 5.96 Å². The van der Waals surface area contributed by atoms with Crippen LogP contribution < -0.4 is 0 Å². The fourth-order valence-corrected chi connectivity index (χ4v) is 1.25. The first-order valence-electron chi connectivity index (χ1n) is 5.99. The third-order valence-electron chi connectivity index (χ3n) is 2.13. The molecule has 96 valence electrons. The molecule has 5 heteroatoms. The summed E-state index contributed by atoms with van der Waals surface area (Å²) in [5, 5.41) is 7.86. The van der Waals surface area contributed by atoms with E-state index in [0.717, 1.165) is 26.2 Å². The van der Waals surface area contributed by atoms with Crippen LogP contribution in [0, 0.1) is 5.41 Å². The van der Waals surface area contributed by atoms with Crippen LogP contribution in [-0.4, -0.2) is 47.7 Å². The largest absolute Gasteiger partial charge is 4.00 e. The van der Waals surface area contributed by atoms with Crippen LogP contribution in [-0.2, 0) is 31.0 Å². The number of guanidine groups is 1. The van der Waals surface area contributed by atoms with E-state index >= 15 is 0 Å². The zero-order valence-electron chi connectivity index (χ0n) is 12.1. The van der Waals surface area contributed by atoms with Crippen LogP contribution in [0.15, 0.2) is 0 Å². The molecule has 0 fully saturated rings. The number of carbonyl (C=O) groups excluding carboxylic acids is 1. The van der Waals surface area contributed by atoms with Crippen LogP contribution in [0.5, 0.6) is 0 Å². The second-order valence-corrected chi connectivity index (χ2v) is 3.58. The van der Waals surface area contributed by atoms with Crippen molar-refractivity contribution in [3.8, 4) is 0 Å². The van der Waals surface area contributed by atoms with E-state index < -0.39 is 0 Å². The zero-order chi connectivity index (χ0) is 13.1. The molecule has 0 aliphatic rings. The maximum absolute atomic E-state index is 9.44. The minimum atomic E-state index is 0. The van der Waals surface area contributed by atoms with E-state index in [1.54, 1.807) is 0 Å². The van der Waals surface area contributed by atoms with Gasteiger partial charge in [-0.15, -0.1) is 0 Å². The van der Waals surface area contributed by atoms with Crippen molar-refractivity contribution in [3.05, 3.63) is 0 Å². The molecule has 0 aromatic rings. The van der Waals surface area contributed by atoms with Gasteiger partial charge in [0.05, 0.1) is 0 Å². The summed E-state index contributed by atoms with van der Waals surface area (Å²) in [5.74, 6) is 0.824. The van der Waals surface area contributed by atoms with Crippen molar-refractivity contribution in [2.24, 2.45) is 0 Å². The van der Waals surface area contributed by atoms with Gasteiger partial charge < -0.3 is 14.6 Å². The first-order valence-corrected chi connectivity index (χ1v) is 5.99. The summed E-state index contributed by atoms with van der Waals surface area (Å²) < 4.78 is 0. The summed E-state index contributed by atoms with van der Waals surface area (Å²) in [6.45, 7) is 15.1. The summed E-state index contributed by atoms with van der Waals surface area (Å²) in [6.07, 6.45) is 0. The molecule has 0 aliphatic carbocycles. The maximum Gasteiger partial charge on any atom is 4.00 e. The zero-order valence-corrected chi connectivity index (χ0v) is 14.6. The molecule has 0 radical (unpaired) electrons. The van der Waals surface area contributed by atoms with Crippen LogP contribution in [0.4, 0.5) is 0 Å². The van der Waals surface area contributed by atoms with Gasteiger partial charge in [-0.25, -0.2) is 0 Å². The van der Waals surface area contributed by atoms with Crippen molar-refractivity contribution >= 4 is 11.7 Å². The van der Waals surface area contributed by atoms with Crippen LogP contribution in [0.2, 0.25) is 0 Å². The third-order valence-corrected chi connectivity index (χ3v) is 2.13. The Morgan fingerprint density at radius 2 is 1.06 bits per heavy atom. The predicted molar refractivity (Wildman–Crippen MR) is 69.9 cm³/mol. The maximum atomic E-state index is 9.44. The Morgan fingerprint density at radius 3 is 1.18 bits per heavy atom. The molecular weight excluding hydrogens is 293 g/mol. The number of hydrogen-bond donors (Lipinski definition) is 1. The van der Waals surface area contributed by atoms with Gasteiger partial charge in [0.15, 0.2) is 5.96 Å². The fraction of sp³-hybridized carbons (Fsp3) is 0.833. The molecular formula is C12H27N3OZr+4. The summed E-state index contributed by atoms with van der Waals surface area (Å²) in [4.78, 5) is 13.6. The Morgan fingerprint density at radius 1 is 0.882 bits per heavy atom. The van der Waals surface area contributed by atoms with E-state index in [2.05, 4.69) is 37.5 Å². The standard InChI is InChI=1S/C9H21N3.C3H6O.Zr/c1-5-11(6-2)9(10)12(7-3)8-4;1-3(2)4;/h10H,5-8H2,1-4H3;1-2H3;/q;;+4. The van der Waals surface area contributed by atoms with Crippen molar-refractivity contribution in [3.63, 3.8) is 0 Å². The minimum Gasteiger partial charge on any atom is -0.344 e. The van der Waals surface area contributed by atoms with Gasteiger partial charge in [0.25, 0.3) is 0 Å². The predicted octanol–water partition coefficient (Wildman–Crippen LogP) is 2.20. The molecule has 0 heterocycles. The van der Waals surface area contributed by atoms with E-state index in [4.69, 9.17) is 5.41 Å². The molecule has 0 aromatic heterocycles. The third kappa shape index (κ3) is 12.1. The number of Topliss-reactive ketones (excluding diaryl/α,β-unsaturated/α-hetero) is 1. The molecule has 0 unspecified atom stereocenters. The molecule has 0 aliphatic heterocycles. The quantitative estimate of drug-likeness (QED) is 0.638. The second-order valence-electron chi connectivity index (χ2n) is 3.58. The molecule has 0 saturated heterocycles. The number of nitrogens with one attached hydrogen (secondary N) is 1. The van der Waals surface area contributed by atoms with Gasteiger partial charge in [0, 0.05) is 26.2 Å². The average Bonchev–Trinajstić information content (AvgIpc) is 2.20. The van der Waals surface area contributed by atoms with Gasteiger partial charge >= 0.3 is 26.2 Å². The van der Waals surface area contributed by atoms with E-state index in [9.17, 15) is 4.79 Å². The van der Waals surface area contributed by atoms with E-state index in [1.807, 2.05) is 0 Å². The van der Waals surface area contributed by atoms with Gasteiger partial charge in [0.1, 0.15) is 5.78 Å². The Bertz CT molecular complexity index is 184. The van der Waals surface area contributed by atoms with Crippen LogP contribution >= 0.6 is 0 Å². The average molecular weight is 321 g/mol. The molecule has 0 spiro atoms. The molecule has 1 N–H and O–H groups in total. The first-order chi connectivity index (χ1) is 7.44. The summed E-state index contributed by atoms with van der Waals surface area (Å²) in [5.41, 5.74) is 0. The molecule has 4 nitrogen and oxygen atoms in total. The topological polar surface area (TPSA) is 47.4 Å². The monoisotopic (exact) mass is 319 g/mol. The number of carbonyl (C=O) groups is 1. The van der Waals surface area contributed by atoms with Gasteiger partial charge in [-0.1, -0.05) is 0 Å². The van der Waals surface area contributed by atoms with Crippen LogP contribution in [0.25, 0.3) is 0 Å². The Balaban J connectivity index is -0.000000340. The number of rotatable bonds is 4. The smallest absolute Gasteiger partial charge is 0.344 e. The Hall–Kier alpha value is -0.177. The fourth-order valence-electron chi connectivity index (χ4n) is 1.25. The summed E-state index contributed by atoms with van der Waals surface area (Å²) in [6, 6.07) is 0. The van der Waals surface area contributed by atoms with Crippen molar-refractivity contribution in [2.45, 2.75) is 41.5 Å². The van der Waals surface area contributed by atoms with Crippen molar-refractivity contribution < 1.29 is 31.0 Å². The van der Waals surface area contributed by atoms with E-state index in [1.165, 1.54) is 13.8 Å². The van der Waals surface area contributed by atoms with Gasteiger partial charge in [-0.3, -0.25) is 5.41 Å². The van der Waals surface area contributed by atoms with Gasteiger partial charge in [0.2, 0.25) is 0 Å². The summed E-state index contributed by atoms with van der Waals surface area (Å²) >= 11 is 0. The van der Waals surface area contributed by atoms with Crippen LogP contribution in [0.3, 0.4) is 0 Å². The van der Waals surface area contributed by atoms with Crippen molar-refractivity contribution in [1.82, 2.24) is 9.80 Å². The number of ketones is 1. The SMILES string of the molecule is CC(C)=O.CCN(CC)C(=N)N(CC)CC.[Zr+4]. The molecule has 0 bridgehead atoms. The molecule has 0 saturated carbocycles. The Kier molecular flexibility index (Phi) is 18.0. The number of hydrogen-bond acceptors (Lipinski definition) is 2. The molecule has 0 aromatic carbocycles.